The first-order valence-corrected chi connectivity index (χ1v) is 10.00. The van der Waals surface area contributed by atoms with Crippen LogP contribution in [0.2, 0.25) is 5.02 Å². The molecule has 0 amide bonds. The van der Waals surface area contributed by atoms with Crippen LogP contribution in [0.3, 0.4) is 0 Å². The molecule has 1 fully saturated rings. The van der Waals surface area contributed by atoms with Crippen LogP contribution in [-0.4, -0.2) is 30.1 Å². The zero-order chi connectivity index (χ0) is 18.1. The lowest BCUT2D eigenvalue weighted by atomic mass is 9.84. The van der Waals surface area contributed by atoms with Crippen LogP contribution in [0.15, 0.2) is 42.5 Å². The first-order chi connectivity index (χ1) is 12.6. The molecule has 1 aliphatic carbocycles. The minimum Gasteiger partial charge on any atom is -0.484 e. The van der Waals surface area contributed by atoms with Crippen LogP contribution in [0.25, 0.3) is 0 Å². The quantitative estimate of drug-likeness (QED) is 0.864. The molecule has 4 heteroatoms. The lowest BCUT2D eigenvalue weighted by Crippen LogP contribution is -2.51. The average molecular weight is 371 g/mol. The number of halogens is 1. The number of nitrogens with zero attached hydrogens (tertiary/aromatic N) is 1. The summed E-state index contributed by atoms with van der Waals surface area (Å²) in [6.45, 7) is 4.08. The maximum Gasteiger partial charge on any atom is 0.139 e. The molecular formula is C22H27ClN2O. The fourth-order valence-corrected chi connectivity index (χ4v) is 4.52. The summed E-state index contributed by atoms with van der Waals surface area (Å²) in [6.07, 6.45) is 4.51. The van der Waals surface area contributed by atoms with E-state index in [1.807, 2.05) is 25.1 Å². The number of piperidine rings is 1. The zero-order valence-corrected chi connectivity index (χ0v) is 16.1. The van der Waals surface area contributed by atoms with E-state index >= 15 is 0 Å². The van der Waals surface area contributed by atoms with E-state index in [4.69, 9.17) is 22.1 Å². The topological polar surface area (TPSA) is 38.5 Å². The summed E-state index contributed by atoms with van der Waals surface area (Å²) in [6, 6.07) is 15.3. The molecule has 0 saturated carbocycles. The van der Waals surface area contributed by atoms with E-state index in [1.54, 1.807) is 0 Å². The molecule has 0 radical (unpaired) electrons. The third kappa shape index (κ3) is 3.62. The Labute approximate surface area is 161 Å². The number of hydrogen-bond acceptors (Lipinski definition) is 3. The van der Waals surface area contributed by atoms with E-state index in [-0.39, 0.29) is 12.1 Å². The van der Waals surface area contributed by atoms with E-state index in [2.05, 4.69) is 29.2 Å². The van der Waals surface area contributed by atoms with Crippen molar-refractivity contribution in [2.45, 2.75) is 50.8 Å². The van der Waals surface area contributed by atoms with Gasteiger partial charge in [-0.2, -0.15) is 0 Å². The number of fused-ring (bicyclic) bond motifs is 1. The van der Waals surface area contributed by atoms with Crippen LogP contribution in [0, 0.1) is 6.92 Å². The number of aryl methyl sites for hydroxylation is 2. The second-order valence-corrected chi connectivity index (χ2v) is 8.06. The van der Waals surface area contributed by atoms with Gasteiger partial charge in [-0.15, -0.1) is 0 Å². The number of ether oxygens (including phenoxy) is 1. The van der Waals surface area contributed by atoms with Crippen LogP contribution in [0.5, 0.6) is 5.75 Å². The highest BCUT2D eigenvalue weighted by Gasteiger charge is 2.36. The Morgan fingerprint density at radius 1 is 1.15 bits per heavy atom. The third-order valence-electron chi connectivity index (χ3n) is 5.79. The van der Waals surface area contributed by atoms with E-state index in [9.17, 15) is 0 Å². The second-order valence-electron chi connectivity index (χ2n) is 7.65. The maximum atomic E-state index is 6.55. The van der Waals surface area contributed by atoms with Gasteiger partial charge in [0, 0.05) is 17.6 Å². The monoisotopic (exact) mass is 370 g/mol. The van der Waals surface area contributed by atoms with Crippen LogP contribution in [-0.2, 0) is 6.42 Å². The molecule has 138 valence electrons. The molecule has 2 N–H and O–H groups in total. The molecule has 2 unspecified atom stereocenters. The van der Waals surface area contributed by atoms with E-state index in [1.165, 1.54) is 17.5 Å². The van der Waals surface area contributed by atoms with Gasteiger partial charge in [-0.25, -0.2) is 0 Å². The van der Waals surface area contributed by atoms with Crippen molar-refractivity contribution in [1.82, 2.24) is 4.90 Å². The Morgan fingerprint density at radius 3 is 2.81 bits per heavy atom. The third-order valence-corrected chi connectivity index (χ3v) is 6.19. The molecule has 26 heavy (non-hydrogen) atoms. The molecule has 1 heterocycles. The fourth-order valence-electron chi connectivity index (χ4n) is 4.35. The molecular weight excluding hydrogens is 344 g/mol. The summed E-state index contributed by atoms with van der Waals surface area (Å²) in [4.78, 5) is 2.55. The Balaban J connectivity index is 1.66. The van der Waals surface area contributed by atoms with Crippen LogP contribution in [0.1, 0.15) is 42.1 Å². The highest BCUT2D eigenvalue weighted by atomic mass is 35.5. The SMILES string of the molecule is Cc1ccc(OC2c3ccccc3CCC2N2CCC[C@@H](N)C2)cc1Cl. The van der Waals surface area contributed by atoms with Crippen LogP contribution < -0.4 is 10.5 Å². The molecule has 1 saturated heterocycles. The Morgan fingerprint density at radius 2 is 2.00 bits per heavy atom. The van der Waals surface area contributed by atoms with Gasteiger partial charge >= 0.3 is 0 Å². The van der Waals surface area contributed by atoms with Crippen molar-refractivity contribution in [1.29, 1.82) is 0 Å². The van der Waals surface area contributed by atoms with Gasteiger partial charge < -0.3 is 10.5 Å². The van der Waals surface area contributed by atoms with E-state index < -0.39 is 0 Å². The summed E-state index contributed by atoms with van der Waals surface area (Å²) in [5.41, 5.74) is 10.0. The molecule has 4 rings (SSSR count). The first kappa shape index (κ1) is 17.8. The molecule has 3 atom stereocenters. The lowest BCUT2D eigenvalue weighted by molar-refractivity contribution is 0.0367. The molecule has 2 aromatic rings. The van der Waals surface area contributed by atoms with Crippen molar-refractivity contribution in [3.8, 4) is 5.75 Å². The number of likely N-dealkylation sites (tertiary alicyclic amines) is 1. The first-order valence-electron chi connectivity index (χ1n) is 9.62. The van der Waals surface area contributed by atoms with Crippen LogP contribution >= 0.6 is 11.6 Å². The number of hydrogen-bond donors (Lipinski definition) is 1. The fraction of sp³-hybridized carbons (Fsp3) is 0.455. The van der Waals surface area contributed by atoms with Crippen molar-refractivity contribution in [3.05, 3.63) is 64.2 Å². The van der Waals surface area contributed by atoms with Gasteiger partial charge in [-0.3, -0.25) is 4.90 Å². The van der Waals surface area contributed by atoms with Gasteiger partial charge in [0.15, 0.2) is 0 Å². The minimum absolute atomic E-state index is 0.0176. The predicted molar refractivity (Wildman–Crippen MR) is 107 cm³/mol. The largest absolute Gasteiger partial charge is 0.484 e. The molecule has 2 aliphatic rings. The van der Waals surface area contributed by atoms with Gasteiger partial charge in [-0.05, 0) is 68.0 Å². The Kier molecular flexibility index (Phi) is 5.21. The molecule has 0 bridgehead atoms. The van der Waals surface area contributed by atoms with Gasteiger partial charge in [0.25, 0.3) is 0 Å². The van der Waals surface area contributed by atoms with Gasteiger partial charge in [0.2, 0.25) is 0 Å². The normalized spacial score (nSPS) is 26.3. The highest BCUT2D eigenvalue weighted by Crippen LogP contribution is 2.38. The second kappa shape index (κ2) is 7.59. The van der Waals surface area contributed by atoms with Crippen molar-refractivity contribution in [2.24, 2.45) is 5.73 Å². The van der Waals surface area contributed by atoms with Gasteiger partial charge in [0.1, 0.15) is 11.9 Å². The van der Waals surface area contributed by atoms with Gasteiger partial charge in [-0.1, -0.05) is 41.9 Å². The minimum atomic E-state index is 0.0176. The Hall–Kier alpha value is -1.55. The molecule has 2 aromatic carbocycles. The summed E-state index contributed by atoms with van der Waals surface area (Å²) >= 11 is 6.33. The average Bonchev–Trinajstić information content (AvgIpc) is 2.65. The summed E-state index contributed by atoms with van der Waals surface area (Å²) in [5, 5.41) is 0.753. The number of nitrogens with two attached hydrogens (primary N) is 1. The van der Waals surface area contributed by atoms with Crippen molar-refractivity contribution < 1.29 is 4.74 Å². The highest BCUT2D eigenvalue weighted by molar-refractivity contribution is 6.31. The molecule has 3 nitrogen and oxygen atoms in total. The predicted octanol–water partition coefficient (Wildman–Crippen LogP) is 4.51. The van der Waals surface area contributed by atoms with Crippen molar-refractivity contribution in [3.63, 3.8) is 0 Å². The summed E-state index contributed by atoms with van der Waals surface area (Å²) < 4.78 is 6.55. The molecule has 0 aromatic heterocycles. The van der Waals surface area contributed by atoms with Crippen molar-refractivity contribution in [2.75, 3.05) is 13.1 Å². The summed E-state index contributed by atoms with van der Waals surface area (Å²) in [5.74, 6) is 0.841. The zero-order valence-electron chi connectivity index (χ0n) is 15.3. The summed E-state index contributed by atoms with van der Waals surface area (Å²) in [7, 11) is 0. The van der Waals surface area contributed by atoms with E-state index in [0.29, 0.717) is 6.04 Å². The van der Waals surface area contributed by atoms with Crippen LogP contribution in [0.4, 0.5) is 0 Å². The van der Waals surface area contributed by atoms with Crippen molar-refractivity contribution >= 4 is 11.6 Å². The number of benzene rings is 2. The standard InChI is InChI=1S/C22H27ClN2O/c1-15-8-10-18(13-20(15)23)26-22-19-7-3-2-5-16(19)9-11-21(22)25-12-4-6-17(24)14-25/h2-3,5,7-8,10,13,17,21-22H,4,6,9,11-12,14,24H2,1H3/t17-,21?,22?/m1/s1. The Bertz CT molecular complexity index is 778. The lowest BCUT2D eigenvalue weighted by Gasteiger charge is -2.43. The maximum absolute atomic E-state index is 6.55. The molecule has 0 spiro atoms. The molecule has 1 aliphatic heterocycles. The smallest absolute Gasteiger partial charge is 0.139 e. The number of rotatable bonds is 3. The van der Waals surface area contributed by atoms with E-state index in [0.717, 1.165) is 48.7 Å². The van der Waals surface area contributed by atoms with Gasteiger partial charge in [0.05, 0.1) is 6.04 Å².